The fourth-order valence-corrected chi connectivity index (χ4v) is 2.65. The molecule has 1 amide bonds. The predicted octanol–water partition coefficient (Wildman–Crippen LogP) is 3.28. The van der Waals surface area contributed by atoms with Crippen molar-refractivity contribution in [2.75, 3.05) is 13.7 Å². The van der Waals surface area contributed by atoms with Crippen molar-refractivity contribution in [1.82, 2.24) is 5.32 Å². The van der Waals surface area contributed by atoms with Crippen LogP contribution >= 0.6 is 0 Å². The van der Waals surface area contributed by atoms with Crippen molar-refractivity contribution in [3.63, 3.8) is 0 Å². The molecular formula is C16H20F3NO4. The zero-order valence-electron chi connectivity index (χ0n) is 13.7. The third-order valence-electron chi connectivity index (χ3n) is 3.69. The molecule has 1 N–H and O–H groups in total. The first-order valence-corrected chi connectivity index (χ1v) is 7.48. The van der Waals surface area contributed by atoms with Crippen LogP contribution in [0.1, 0.15) is 37.0 Å². The van der Waals surface area contributed by atoms with E-state index >= 15 is 0 Å². The summed E-state index contributed by atoms with van der Waals surface area (Å²) in [6.07, 6.45) is -3.73. The van der Waals surface area contributed by atoms with Gasteiger partial charge < -0.3 is 19.5 Å². The van der Waals surface area contributed by atoms with Crippen LogP contribution < -0.4 is 14.8 Å². The molecule has 2 rings (SSSR count). The molecule has 0 aromatic heterocycles. The minimum absolute atomic E-state index is 0.189. The zero-order valence-corrected chi connectivity index (χ0v) is 13.7. The largest absolute Gasteiger partial charge is 0.573 e. The summed E-state index contributed by atoms with van der Waals surface area (Å²) in [4.78, 5) is 12.4. The molecule has 1 heterocycles. The number of nitrogens with one attached hydrogen (secondary N) is 1. The van der Waals surface area contributed by atoms with E-state index in [2.05, 4.69) is 10.1 Å². The van der Waals surface area contributed by atoms with Crippen LogP contribution in [0.3, 0.4) is 0 Å². The van der Waals surface area contributed by atoms with Crippen molar-refractivity contribution in [3.05, 3.63) is 23.8 Å². The molecule has 0 aliphatic carbocycles. The summed E-state index contributed by atoms with van der Waals surface area (Å²) in [7, 11) is 1.36. The molecule has 0 radical (unpaired) electrons. The normalized spacial score (nSPS) is 20.3. The Morgan fingerprint density at radius 1 is 1.38 bits per heavy atom. The lowest BCUT2D eigenvalue weighted by molar-refractivity contribution is -0.274. The van der Waals surface area contributed by atoms with Gasteiger partial charge >= 0.3 is 6.36 Å². The Hall–Kier alpha value is -1.96. The Bertz CT molecular complexity index is 601. The number of rotatable bonds is 4. The Morgan fingerprint density at radius 3 is 2.67 bits per heavy atom. The molecule has 24 heavy (non-hydrogen) atoms. The second-order valence-electron chi connectivity index (χ2n) is 6.18. The molecule has 0 bridgehead atoms. The van der Waals surface area contributed by atoms with Gasteiger partial charge in [0.05, 0.1) is 18.3 Å². The molecule has 8 heteroatoms. The number of benzene rings is 1. The summed E-state index contributed by atoms with van der Waals surface area (Å²) in [5.74, 6) is -0.940. The lowest BCUT2D eigenvalue weighted by Gasteiger charge is -2.35. The molecule has 1 atom stereocenters. The predicted molar refractivity (Wildman–Crippen MR) is 80.2 cm³/mol. The van der Waals surface area contributed by atoms with E-state index in [1.807, 2.05) is 13.8 Å². The van der Waals surface area contributed by atoms with Crippen LogP contribution in [0.25, 0.3) is 0 Å². The Kier molecular flexibility index (Phi) is 5.27. The number of carbonyl (C=O) groups is 1. The summed E-state index contributed by atoms with van der Waals surface area (Å²) >= 11 is 0. The maximum atomic E-state index is 12.5. The minimum atomic E-state index is -4.88. The van der Waals surface area contributed by atoms with E-state index < -0.39 is 23.6 Å². The van der Waals surface area contributed by atoms with Gasteiger partial charge in [-0.15, -0.1) is 13.2 Å². The first kappa shape index (κ1) is 18.4. The lowest BCUT2D eigenvalue weighted by Crippen LogP contribution is -2.45. The van der Waals surface area contributed by atoms with Crippen molar-refractivity contribution in [2.24, 2.45) is 0 Å². The van der Waals surface area contributed by atoms with E-state index in [-0.39, 0.29) is 17.4 Å². The second-order valence-corrected chi connectivity index (χ2v) is 6.18. The third kappa shape index (κ3) is 5.02. The van der Waals surface area contributed by atoms with Crippen molar-refractivity contribution < 1.29 is 32.2 Å². The standard InChI is InChI=1S/C16H20F3NO4/c1-15(2)9-10(6-7-23-15)20-14(21)12-8-11(22-3)4-5-13(12)24-16(17,18)19/h4-5,8,10H,6-7,9H2,1-3H3,(H,20,21)/t10-/m0/s1. The third-order valence-corrected chi connectivity index (χ3v) is 3.69. The molecule has 1 saturated heterocycles. The molecule has 0 unspecified atom stereocenters. The number of hydrogen-bond donors (Lipinski definition) is 1. The second kappa shape index (κ2) is 6.88. The highest BCUT2D eigenvalue weighted by Gasteiger charge is 2.34. The zero-order chi connectivity index (χ0) is 18.0. The number of ether oxygens (including phenoxy) is 3. The molecule has 1 aromatic carbocycles. The highest BCUT2D eigenvalue weighted by atomic mass is 19.4. The van der Waals surface area contributed by atoms with Gasteiger partial charge in [0.2, 0.25) is 0 Å². The number of halogens is 3. The van der Waals surface area contributed by atoms with Gasteiger partial charge in [0.1, 0.15) is 11.5 Å². The van der Waals surface area contributed by atoms with Crippen molar-refractivity contribution in [3.8, 4) is 11.5 Å². The van der Waals surface area contributed by atoms with Crippen LogP contribution in [0.5, 0.6) is 11.5 Å². The van der Waals surface area contributed by atoms with E-state index in [0.717, 1.165) is 6.07 Å². The summed E-state index contributed by atoms with van der Waals surface area (Å²) in [6.45, 7) is 4.27. The number of carbonyl (C=O) groups excluding carboxylic acids is 1. The first-order valence-electron chi connectivity index (χ1n) is 7.48. The maximum Gasteiger partial charge on any atom is 0.573 e. The molecule has 1 aliphatic heterocycles. The van der Waals surface area contributed by atoms with Crippen molar-refractivity contribution >= 4 is 5.91 Å². The fraction of sp³-hybridized carbons (Fsp3) is 0.562. The van der Waals surface area contributed by atoms with E-state index in [4.69, 9.17) is 9.47 Å². The molecular weight excluding hydrogens is 327 g/mol. The van der Waals surface area contributed by atoms with Gasteiger partial charge in [0.15, 0.2) is 0 Å². The van der Waals surface area contributed by atoms with Crippen LogP contribution in [-0.4, -0.2) is 37.6 Å². The molecule has 1 aliphatic rings. The Labute approximate surface area is 138 Å². The summed E-state index contributed by atoms with van der Waals surface area (Å²) in [5.41, 5.74) is -0.619. The molecule has 1 aromatic rings. The molecule has 5 nitrogen and oxygen atoms in total. The van der Waals surface area contributed by atoms with E-state index in [1.165, 1.54) is 19.2 Å². The minimum Gasteiger partial charge on any atom is -0.497 e. The van der Waals surface area contributed by atoms with Gasteiger partial charge in [-0.05, 0) is 44.9 Å². The van der Waals surface area contributed by atoms with Gasteiger partial charge in [-0.3, -0.25) is 4.79 Å². The van der Waals surface area contributed by atoms with Crippen LogP contribution in [0.4, 0.5) is 13.2 Å². The first-order chi connectivity index (χ1) is 11.1. The van der Waals surface area contributed by atoms with E-state index in [9.17, 15) is 18.0 Å². The topological polar surface area (TPSA) is 56.8 Å². The Morgan fingerprint density at radius 2 is 2.08 bits per heavy atom. The average Bonchev–Trinajstić information content (AvgIpc) is 2.44. The van der Waals surface area contributed by atoms with Crippen LogP contribution in [-0.2, 0) is 4.74 Å². The molecule has 0 saturated carbocycles. The van der Waals surface area contributed by atoms with Gasteiger partial charge in [-0.25, -0.2) is 0 Å². The average molecular weight is 347 g/mol. The van der Waals surface area contributed by atoms with Crippen LogP contribution in [0, 0.1) is 0 Å². The smallest absolute Gasteiger partial charge is 0.497 e. The van der Waals surface area contributed by atoms with Crippen molar-refractivity contribution in [1.29, 1.82) is 0 Å². The summed E-state index contributed by atoms with van der Waals surface area (Å²) in [6, 6.07) is 3.40. The summed E-state index contributed by atoms with van der Waals surface area (Å²) < 4.78 is 52.1. The van der Waals surface area contributed by atoms with Crippen LogP contribution in [0.2, 0.25) is 0 Å². The van der Waals surface area contributed by atoms with Crippen LogP contribution in [0.15, 0.2) is 18.2 Å². The van der Waals surface area contributed by atoms with Gasteiger partial charge in [0, 0.05) is 12.6 Å². The number of alkyl halides is 3. The molecule has 134 valence electrons. The van der Waals surface area contributed by atoms with E-state index in [1.54, 1.807) is 0 Å². The lowest BCUT2D eigenvalue weighted by atomic mass is 9.93. The SMILES string of the molecule is COc1ccc(OC(F)(F)F)c(C(=O)N[C@H]2CCOC(C)(C)C2)c1. The number of methoxy groups -OCH3 is 1. The monoisotopic (exact) mass is 347 g/mol. The van der Waals surface area contributed by atoms with E-state index in [0.29, 0.717) is 19.4 Å². The highest BCUT2D eigenvalue weighted by molar-refractivity contribution is 5.97. The van der Waals surface area contributed by atoms with Crippen molar-refractivity contribution in [2.45, 2.75) is 44.7 Å². The maximum absolute atomic E-state index is 12.5. The highest BCUT2D eigenvalue weighted by Crippen LogP contribution is 2.30. The summed E-state index contributed by atoms with van der Waals surface area (Å²) in [5, 5.41) is 2.75. The molecule has 1 fully saturated rings. The quantitative estimate of drug-likeness (QED) is 0.908. The molecule has 0 spiro atoms. The van der Waals surface area contributed by atoms with Gasteiger partial charge in [0.25, 0.3) is 5.91 Å². The van der Waals surface area contributed by atoms with Gasteiger partial charge in [-0.2, -0.15) is 0 Å². The number of hydrogen-bond acceptors (Lipinski definition) is 4. The van der Waals surface area contributed by atoms with Gasteiger partial charge in [-0.1, -0.05) is 0 Å². The fourth-order valence-electron chi connectivity index (χ4n) is 2.65. The Balaban J connectivity index is 2.20. The number of amides is 1.